The van der Waals surface area contributed by atoms with Crippen molar-refractivity contribution < 1.29 is 4.79 Å². The molecular weight excluding hydrogens is 422 g/mol. The van der Waals surface area contributed by atoms with Gasteiger partial charge in [-0.3, -0.25) is 9.78 Å². The number of piperidine rings is 1. The van der Waals surface area contributed by atoms with Crippen LogP contribution in [-0.2, 0) is 7.05 Å². The first-order valence-corrected chi connectivity index (χ1v) is 12.8. The number of carbonyl (C=O) groups excluding carboxylic acids is 1. The standard InChI is InChI=1S/C28H31N5O/c1-32-24-9-8-19(28(34)33-13-3-5-22-25(33)10-12-29-22)16-23(24)31-27(32)21-15-18-4-2-11-30-26(18)20(21)14-17-6-7-17/h2,4,8-9,11,15-17,20,22,25,29H,3,5-7,10,12-14H2,1H3. The largest absolute Gasteiger partial charge is 0.334 e. The quantitative estimate of drug-likeness (QED) is 0.637. The van der Waals surface area contributed by atoms with Gasteiger partial charge in [0.15, 0.2) is 0 Å². The average molecular weight is 454 g/mol. The molecule has 3 aromatic rings. The summed E-state index contributed by atoms with van der Waals surface area (Å²) in [5.41, 5.74) is 6.40. The van der Waals surface area contributed by atoms with Crippen molar-refractivity contribution in [2.45, 2.75) is 56.5 Å². The first-order chi connectivity index (χ1) is 16.7. The molecule has 1 amide bonds. The van der Waals surface area contributed by atoms with E-state index in [0.29, 0.717) is 18.0 Å². The summed E-state index contributed by atoms with van der Waals surface area (Å²) in [7, 11) is 2.09. The lowest BCUT2D eigenvalue weighted by atomic mass is 9.93. The minimum absolute atomic E-state index is 0.149. The fourth-order valence-electron chi connectivity index (χ4n) is 6.48. The van der Waals surface area contributed by atoms with Crippen molar-refractivity contribution in [3.05, 3.63) is 59.2 Å². The number of pyridine rings is 1. The first-order valence-electron chi connectivity index (χ1n) is 12.8. The zero-order valence-electron chi connectivity index (χ0n) is 19.7. The molecule has 3 fully saturated rings. The Balaban J connectivity index is 1.24. The highest BCUT2D eigenvalue weighted by Crippen LogP contribution is 2.48. The Morgan fingerprint density at radius 2 is 2.09 bits per heavy atom. The number of allylic oxidation sites excluding steroid dienone is 1. The highest BCUT2D eigenvalue weighted by Gasteiger charge is 2.38. The molecule has 3 atom stereocenters. The molecule has 3 unspecified atom stereocenters. The zero-order chi connectivity index (χ0) is 22.8. The van der Waals surface area contributed by atoms with Crippen molar-refractivity contribution >= 4 is 28.6 Å². The Labute approximate surface area is 200 Å². The molecule has 0 bridgehead atoms. The lowest BCUT2D eigenvalue weighted by Gasteiger charge is -2.37. The van der Waals surface area contributed by atoms with Crippen LogP contribution in [0, 0.1) is 5.92 Å². The number of aryl methyl sites for hydroxylation is 1. The third-order valence-electron chi connectivity index (χ3n) is 8.43. The normalized spacial score (nSPS) is 26.0. The summed E-state index contributed by atoms with van der Waals surface area (Å²) < 4.78 is 2.19. The summed E-state index contributed by atoms with van der Waals surface area (Å²) in [5, 5.41) is 3.58. The van der Waals surface area contributed by atoms with E-state index in [9.17, 15) is 4.79 Å². The molecule has 2 saturated heterocycles. The number of aromatic nitrogens is 3. The summed E-state index contributed by atoms with van der Waals surface area (Å²) in [5.74, 6) is 2.26. The fraction of sp³-hybridized carbons (Fsp3) is 0.464. The van der Waals surface area contributed by atoms with Gasteiger partial charge in [-0.05, 0) is 74.1 Å². The van der Waals surface area contributed by atoms with E-state index in [2.05, 4.69) is 40.0 Å². The minimum Gasteiger partial charge on any atom is -0.334 e. The number of amides is 1. The number of nitrogens with one attached hydrogen (secondary N) is 1. The fourth-order valence-corrected chi connectivity index (χ4v) is 6.48. The van der Waals surface area contributed by atoms with Crippen LogP contribution in [0.3, 0.4) is 0 Å². The van der Waals surface area contributed by atoms with Crippen LogP contribution in [0.25, 0.3) is 22.7 Å². The van der Waals surface area contributed by atoms with Gasteiger partial charge in [0.25, 0.3) is 5.91 Å². The molecule has 4 aliphatic rings. The van der Waals surface area contributed by atoms with Crippen molar-refractivity contribution in [1.29, 1.82) is 0 Å². The van der Waals surface area contributed by atoms with Crippen LogP contribution in [0.2, 0.25) is 0 Å². The maximum atomic E-state index is 13.5. The molecule has 34 heavy (non-hydrogen) atoms. The van der Waals surface area contributed by atoms with Crippen LogP contribution in [0.15, 0.2) is 36.5 Å². The Morgan fingerprint density at radius 1 is 1.18 bits per heavy atom. The molecule has 1 N–H and O–H groups in total. The lowest BCUT2D eigenvalue weighted by Crippen LogP contribution is -2.51. The number of hydrogen-bond donors (Lipinski definition) is 1. The summed E-state index contributed by atoms with van der Waals surface area (Å²) >= 11 is 0. The average Bonchev–Trinajstić information content (AvgIpc) is 3.28. The number of hydrogen-bond acceptors (Lipinski definition) is 4. The predicted molar refractivity (Wildman–Crippen MR) is 133 cm³/mol. The topological polar surface area (TPSA) is 63.1 Å². The highest BCUT2D eigenvalue weighted by molar-refractivity contribution is 5.99. The van der Waals surface area contributed by atoms with Crippen molar-refractivity contribution in [2.75, 3.05) is 13.1 Å². The van der Waals surface area contributed by atoms with E-state index < -0.39 is 0 Å². The second-order valence-corrected chi connectivity index (χ2v) is 10.6. The van der Waals surface area contributed by atoms with Crippen LogP contribution < -0.4 is 5.32 Å². The van der Waals surface area contributed by atoms with Gasteiger partial charge < -0.3 is 14.8 Å². The van der Waals surface area contributed by atoms with Crippen LogP contribution in [-0.4, -0.2) is 50.5 Å². The van der Waals surface area contributed by atoms with E-state index in [0.717, 1.165) is 60.7 Å². The van der Waals surface area contributed by atoms with Gasteiger partial charge in [-0.25, -0.2) is 4.98 Å². The third-order valence-corrected chi connectivity index (χ3v) is 8.43. The van der Waals surface area contributed by atoms with Gasteiger partial charge in [0.1, 0.15) is 5.82 Å². The second-order valence-electron chi connectivity index (χ2n) is 10.6. The highest BCUT2D eigenvalue weighted by atomic mass is 16.2. The maximum absolute atomic E-state index is 13.5. The zero-order valence-corrected chi connectivity index (χ0v) is 19.7. The Hall–Kier alpha value is -2.99. The van der Waals surface area contributed by atoms with Crippen LogP contribution >= 0.6 is 0 Å². The van der Waals surface area contributed by atoms with Crippen molar-refractivity contribution in [2.24, 2.45) is 13.0 Å². The molecule has 174 valence electrons. The van der Waals surface area contributed by atoms with Gasteiger partial charge in [0.05, 0.1) is 16.7 Å². The molecule has 6 nitrogen and oxygen atoms in total. The molecule has 2 aromatic heterocycles. The van der Waals surface area contributed by atoms with Crippen LogP contribution in [0.5, 0.6) is 0 Å². The summed E-state index contributed by atoms with van der Waals surface area (Å²) in [6.45, 7) is 1.87. The molecule has 0 radical (unpaired) electrons. The van der Waals surface area contributed by atoms with Crippen molar-refractivity contribution in [3.63, 3.8) is 0 Å². The molecular formula is C28H31N5O. The van der Waals surface area contributed by atoms with Gasteiger partial charge in [-0.2, -0.15) is 0 Å². The number of likely N-dealkylation sites (tertiary alicyclic amines) is 1. The minimum atomic E-state index is 0.149. The van der Waals surface area contributed by atoms with E-state index in [1.54, 1.807) is 0 Å². The number of fused-ring (bicyclic) bond motifs is 3. The van der Waals surface area contributed by atoms with Crippen LogP contribution in [0.4, 0.5) is 0 Å². The lowest BCUT2D eigenvalue weighted by molar-refractivity contribution is 0.0600. The summed E-state index contributed by atoms with van der Waals surface area (Å²) in [6, 6.07) is 11.0. The summed E-state index contributed by atoms with van der Waals surface area (Å²) in [4.78, 5) is 25.5. The van der Waals surface area contributed by atoms with E-state index >= 15 is 0 Å². The van der Waals surface area contributed by atoms with Gasteiger partial charge in [0.2, 0.25) is 0 Å². The second kappa shape index (κ2) is 7.77. The number of rotatable bonds is 4. The molecule has 2 aliphatic heterocycles. The van der Waals surface area contributed by atoms with Gasteiger partial charge in [0, 0.05) is 48.9 Å². The smallest absolute Gasteiger partial charge is 0.254 e. The number of benzene rings is 1. The maximum Gasteiger partial charge on any atom is 0.254 e. The van der Waals surface area contributed by atoms with E-state index in [-0.39, 0.29) is 5.91 Å². The molecule has 4 heterocycles. The Kier molecular flexibility index (Phi) is 4.66. The molecule has 1 aromatic carbocycles. The third kappa shape index (κ3) is 3.22. The molecule has 6 heteroatoms. The summed E-state index contributed by atoms with van der Waals surface area (Å²) in [6.07, 6.45) is 11.3. The monoisotopic (exact) mass is 453 g/mol. The van der Waals surface area contributed by atoms with Gasteiger partial charge in [-0.1, -0.05) is 18.9 Å². The Morgan fingerprint density at radius 3 is 2.97 bits per heavy atom. The molecule has 0 spiro atoms. The van der Waals surface area contributed by atoms with Gasteiger partial charge in [-0.15, -0.1) is 0 Å². The van der Waals surface area contributed by atoms with Crippen LogP contribution in [0.1, 0.15) is 71.9 Å². The van der Waals surface area contributed by atoms with Gasteiger partial charge >= 0.3 is 0 Å². The Bertz CT molecular complexity index is 1320. The SMILES string of the molecule is Cn1c(C2=Cc3cccnc3C2CC2CC2)nc2cc(C(=O)N3CCCC4NCCC43)ccc21. The van der Waals surface area contributed by atoms with E-state index in [1.165, 1.54) is 36.1 Å². The molecule has 2 aliphatic carbocycles. The van der Waals surface area contributed by atoms with Crippen molar-refractivity contribution in [3.8, 4) is 0 Å². The molecule has 7 rings (SSSR count). The number of carbonyl (C=O) groups is 1. The number of nitrogens with zero attached hydrogens (tertiary/aromatic N) is 4. The first kappa shape index (κ1) is 20.4. The van der Waals surface area contributed by atoms with Crippen molar-refractivity contribution in [1.82, 2.24) is 24.8 Å². The number of imidazole rings is 1. The molecule has 1 saturated carbocycles. The van der Waals surface area contributed by atoms with E-state index in [4.69, 9.17) is 9.97 Å². The predicted octanol–water partition coefficient (Wildman–Crippen LogP) is 4.37. The van der Waals surface area contributed by atoms with E-state index in [1.807, 2.05) is 24.4 Å².